The molecule has 8 heteroatoms. The molecule has 2 aromatic rings. The molecule has 0 bridgehead atoms. The minimum atomic E-state index is -0.532. The maximum Gasteiger partial charge on any atom is 0.348 e. The van der Waals surface area contributed by atoms with E-state index >= 15 is 0 Å². The number of ether oxygens (including phenoxy) is 2. The molecule has 0 fully saturated rings. The molecule has 0 unspecified atom stereocenters. The first-order chi connectivity index (χ1) is 12.0. The normalized spacial score (nSPS) is 12.6. The van der Waals surface area contributed by atoms with E-state index in [1.54, 1.807) is 6.07 Å². The maximum atomic E-state index is 12.1. The Morgan fingerprint density at radius 3 is 2.64 bits per heavy atom. The summed E-state index contributed by atoms with van der Waals surface area (Å²) < 4.78 is 9.86. The van der Waals surface area contributed by atoms with Crippen LogP contribution in [-0.2, 0) is 27.1 Å². The fraction of sp³-hybridized carbons (Fsp3) is 0.353. The van der Waals surface area contributed by atoms with Crippen molar-refractivity contribution in [3.8, 4) is 0 Å². The summed E-state index contributed by atoms with van der Waals surface area (Å²) in [6, 6.07) is 3.48. The molecule has 1 amide bonds. The molecular weight excluding hydrogens is 362 g/mol. The van der Waals surface area contributed by atoms with Crippen molar-refractivity contribution < 1.29 is 23.9 Å². The topological polar surface area (TPSA) is 81.7 Å². The minimum absolute atomic E-state index is 0.404. The van der Waals surface area contributed by atoms with Gasteiger partial charge in [-0.05, 0) is 43.9 Å². The third-order valence-electron chi connectivity index (χ3n) is 3.84. The lowest BCUT2D eigenvalue weighted by Crippen LogP contribution is -2.21. The predicted octanol–water partition coefficient (Wildman–Crippen LogP) is 3.19. The number of esters is 2. The number of anilines is 1. The third kappa shape index (κ3) is 3.74. The summed E-state index contributed by atoms with van der Waals surface area (Å²) in [5.74, 6) is -1.47. The first-order valence-electron chi connectivity index (χ1n) is 7.76. The summed E-state index contributed by atoms with van der Waals surface area (Å²) in [4.78, 5) is 38.6. The number of fused-ring (bicyclic) bond motifs is 1. The number of nitrogens with one attached hydrogen (secondary N) is 1. The number of aryl methyl sites for hydroxylation is 2. The molecule has 0 spiro atoms. The average molecular weight is 379 g/mol. The van der Waals surface area contributed by atoms with Crippen molar-refractivity contribution in [1.82, 2.24) is 0 Å². The first-order valence-corrected chi connectivity index (χ1v) is 9.39. The second-order valence-electron chi connectivity index (χ2n) is 5.59. The Kier molecular flexibility index (Phi) is 5.19. The van der Waals surface area contributed by atoms with Crippen LogP contribution in [0.25, 0.3) is 0 Å². The molecule has 0 atom stereocenters. The van der Waals surface area contributed by atoms with Gasteiger partial charge in [0.1, 0.15) is 9.88 Å². The van der Waals surface area contributed by atoms with Crippen LogP contribution in [0.3, 0.4) is 0 Å². The van der Waals surface area contributed by atoms with Crippen molar-refractivity contribution >= 4 is 45.5 Å². The summed E-state index contributed by atoms with van der Waals surface area (Å²) in [6.45, 7) is 1.48. The number of carbonyl (C=O) groups is 3. The van der Waals surface area contributed by atoms with Crippen molar-refractivity contribution in [1.29, 1.82) is 0 Å². The molecule has 0 aliphatic heterocycles. The van der Waals surface area contributed by atoms with E-state index in [0.717, 1.165) is 34.6 Å². The standard InChI is InChI=1S/C17H17NO5S2/c1-9-6-7-12(24-9)16(20)23-8-13(19)18-15-14(17(21)22-2)10-4-3-5-11(10)25-15/h6-7H,3-5,8H2,1-2H3,(H,18,19). The Morgan fingerprint density at radius 2 is 1.96 bits per heavy atom. The number of rotatable bonds is 5. The van der Waals surface area contributed by atoms with E-state index in [0.29, 0.717) is 15.4 Å². The van der Waals surface area contributed by atoms with Crippen molar-refractivity contribution in [2.45, 2.75) is 26.2 Å². The van der Waals surface area contributed by atoms with Gasteiger partial charge < -0.3 is 14.8 Å². The highest BCUT2D eigenvalue weighted by atomic mass is 32.1. The number of thiophene rings is 2. The molecule has 6 nitrogen and oxygen atoms in total. The first kappa shape index (κ1) is 17.6. The molecule has 0 saturated heterocycles. The van der Waals surface area contributed by atoms with Gasteiger partial charge in [0.2, 0.25) is 0 Å². The summed E-state index contributed by atoms with van der Waals surface area (Å²) in [5.41, 5.74) is 1.38. The van der Waals surface area contributed by atoms with E-state index in [1.165, 1.54) is 29.8 Å². The van der Waals surface area contributed by atoms with Crippen LogP contribution in [-0.4, -0.2) is 31.6 Å². The lowest BCUT2D eigenvalue weighted by molar-refractivity contribution is -0.119. The number of hydrogen-bond donors (Lipinski definition) is 1. The number of carbonyl (C=O) groups excluding carboxylic acids is 3. The fourth-order valence-corrected chi connectivity index (χ4v) is 4.77. The Labute approximate surface area is 152 Å². The summed E-state index contributed by atoms with van der Waals surface area (Å²) in [5, 5.41) is 3.13. The van der Waals surface area contributed by atoms with Gasteiger partial charge in [0.15, 0.2) is 6.61 Å². The van der Waals surface area contributed by atoms with Gasteiger partial charge in [0.25, 0.3) is 5.91 Å². The zero-order chi connectivity index (χ0) is 18.0. The van der Waals surface area contributed by atoms with Gasteiger partial charge in [-0.2, -0.15) is 0 Å². The zero-order valence-electron chi connectivity index (χ0n) is 13.8. The van der Waals surface area contributed by atoms with E-state index < -0.39 is 24.5 Å². The van der Waals surface area contributed by atoms with Crippen LogP contribution in [0.1, 0.15) is 41.8 Å². The molecule has 1 aliphatic carbocycles. The van der Waals surface area contributed by atoms with E-state index in [-0.39, 0.29) is 0 Å². The minimum Gasteiger partial charge on any atom is -0.465 e. The van der Waals surface area contributed by atoms with Crippen molar-refractivity contribution in [2.75, 3.05) is 19.0 Å². The molecule has 1 aliphatic rings. The van der Waals surface area contributed by atoms with Gasteiger partial charge in [-0.3, -0.25) is 4.79 Å². The Bertz CT molecular complexity index is 836. The Morgan fingerprint density at radius 1 is 1.16 bits per heavy atom. The molecule has 2 aromatic heterocycles. The van der Waals surface area contributed by atoms with Crippen LogP contribution >= 0.6 is 22.7 Å². The molecule has 132 valence electrons. The highest BCUT2D eigenvalue weighted by Gasteiger charge is 2.28. The summed E-state index contributed by atoms with van der Waals surface area (Å²) in [7, 11) is 1.32. The van der Waals surface area contributed by atoms with E-state index in [9.17, 15) is 14.4 Å². The van der Waals surface area contributed by atoms with Gasteiger partial charge in [-0.25, -0.2) is 9.59 Å². The molecule has 0 radical (unpaired) electrons. The summed E-state index contributed by atoms with van der Waals surface area (Å²) >= 11 is 2.69. The van der Waals surface area contributed by atoms with Gasteiger partial charge in [0.05, 0.1) is 12.7 Å². The Hall–Kier alpha value is -2.19. The van der Waals surface area contributed by atoms with Crippen LogP contribution < -0.4 is 5.32 Å². The monoisotopic (exact) mass is 379 g/mol. The highest BCUT2D eigenvalue weighted by molar-refractivity contribution is 7.17. The second kappa shape index (κ2) is 7.37. The van der Waals surface area contributed by atoms with Crippen molar-refractivity contribution in [3.05, 3.63) is 37.9 Å². The fourth-order valence-electron chi connectivity index (χ4n) is 2.72. The van der Waals surface area contributed by atoms with Gasteiger partial charge >= 0.3 is 11.9 Å². The van der Waals surface area contributed by atoms with Crippen molar-refractivity contribution in [3.63, 3.8) is 0 Å². The van der Waals surface area contributed by atoms with Gasteiger partial charge in [0, 0.05) is 9.75 Å². The van der Waals surface area contributed by atoms with Crippen LogP contribution in [0.2, 0.25) is 0 Å². The quantitative estimate of drug-likeness (QED) is 0.807. The summed E-state index contributed by atoms with van der Waals surface area (Å²) in [6.07, 6.45) is 2.70. The highest BCUT2D eigenvalue weighted by Crippen LogP contribution is 2.39. The van der Waals surface area contributed by atoms with E-state index in [1.807, 2.05) is 13.0 Å². The molecule has 1 N–H and O–H groups in total. The Balaban J connectivity index is 1.65. The second-order valence-corrected chi connectivity index (χ2v) is 7.98. The molecular formula is C17H17NO5S2. The van der Waals surface area contributed by atoms with Crippen LogP contribution in [0.4, 0.5) is 5.00 Å². The lowest BCUT2D eigenvalue weighted by Gasteiger charge is -2.07. The van der Waals surface area contributed by atoms with Gasteiger partial charge in [-0.15, -0.1) is 22.7 Å². The molecule has 2 heterocycles. The predicted molar refractivity (Wildman–Crippen MR) is 95.7 cm³/mol. The number of hydrogen-bond acceptors (Lipinski definition) is 7. The smallest absolute Gasteiger partial charge is 0.348 e. The zero-order valence-corrected chi connectivity index (χ0v) is 15.5. The molecule has 25 heavy (non-hydrogen) atoms. The molecule has 0 saturated carbocycles. The maximum absolute atomic E-state index is 12.1. The largest absolute Gasteiger partial charge is 0.465 e. The number of methoxy groups -OCH3 is 1. The van der Waals surface area contributed by atoms with Crippen LogP contribution in [0.5, 0.6) is 0 Å². The molecule has 0 aromatic carbocycles. The number of amides is 1. The van der Waals surface area contributed by atoms with Crippen LogP contribution in [0.15, 0.2) is 12.1 Å². The third-order valence-corrected chi connectivity index (χ3v) is 6.03. The van der Waals surface area contributed by atoms with Crippen molar-refractivity contribution in [2.24, 2.45) is 0 Å². The SMILES string of the molecule is COC(=O)c1c(NC(=O)COC(=O)c2ccc(C)s2)sc2c1CCC2. The average Bonchev–Trinajstić information content (AvgIpc) is 3.27. The molecule has 3 rings (SSSR count). The van der Waals surface area contributed by atoms with E-state index in [4.69, 9.17) is 9.47 Å². The van der Waals surface area contributed by atoms with Crippen LogP contribution in [0, 0.1) is 6.92 Å². The van der Waals surface area contributed by atoms with Gasteiger partial charge in [-0.1, -0.05) is 0 Å². The van der Waals surface area contributed by atoms with E-state index in [2.05, 4.69) is 5.32 Å². The lowest BCUT2D eigenvalue weighted by atomic mass is 10.1.